The predicted octanol–water partition coefficient (Wildman–Crippen LogP) is 2.27. The third-order valence-corrected chi connectivity index (χ3v) is 3.86. The maximum Gasteiger partial charge on any atom is 0.338 e. The lowest BCUT2D eigenvalue weighted by Gasteiger charge is -2.22. The van der Waals surface area contributed by atoms with Gasteiger partial charge in [0.15, 0.2) is 0 Å². The van der Waals surface area contributed by atoms with Gasteiger partial charge in [-0.2, -0.15) is 0 Å². The molecule has 0 unspecified atom stereocenters. The van der Waals surface area contributed by atoms with Gasteiger partial charge in [0.1, 0.15) is 18.5 Å². The molecule has 0 spiro atoms. The zero-order valence-electron chi connectivity index (χ0n) is 11.1. The van der Waals surface area contributed by atoms with E-state index in [1.807, 2.05) is 12.1 Å². The van der Waals surface area contributed by atoms with Crippen molar-refractivity contribution < 1.29 is 14.3 Å². The fourth-order valence-corrected chi connectivity index (χ4v) is 2.92. The molecule has 1 fully saturated rings. The fourth-order valence-electron chi connectivity index (χ4n) is 2.92. The molecule has 1 N–H and O–H groups in total. The van der Waals surface area contributed by atoms with Crippen LogP contribution in [-0.2, 0) is 11.3 Å². The first kappa shape index (κ1) is 12.5. The standard InChI is InChI=1S/C15H19NO3/c1-2-16-13-4-3-5-14(13)19-11-6-7-12-10(8-11)9-18-15(12)17/h6-8,13-14,16H,2-5,9H2,1H3/t13-,14-/m0/s1. The van der Waals surface area contributed by atoms with E-state index in [1.54, 1.807) is 6.07 Å². The van der Waals surface area contributed by atoms with Crippen molar-refractivity contribution in [1.29, 1.82) is 0 Å². The van der Waals surface area contributed by atoms with Gasteiger partial charge < -0.3 is 14.8 Å². The van der Waals surface area contributed by atoms with Crippen molar-refractivity contribution in [3.05, 3.63) is 29.3 Å². The Morgan fingerprint density at radius 3 is 3.16 bits per heavy atom. The van der Waals surface area contributed by atoms with Crippen molar-refractivity contribution in [2.45, 2.75) is 44.9 Å². The zero-order chi connectivity index (χ0) is 13.2. The largest absolute Gasteiger partial charge is 0.489 e. The van der Waals surface area contributed by atoms with Gasteiger partial charge in [0.25, 0.3) is 0 Å². The molecule has 1 aliphatic carbocycles. The topological polar surface area (TPSA) is 47.6 Å². The molecule has 1 heterocycles. The third-order valence-electron chi connectivity index (χ3n) is 3.86. The SMILES string of the molecule is CCN[C@H]1CCC[C@@H]1Oc1ccc2c(c1)COC2=O. The predicted molar refractivity (Wildman–Crippen MR) is 71.3 cm³/mol. The summed E-state index contributed by atoms with van der Waals surface area (Å²) < 4.78 is 11.1. The summed E-state index contributed by atoms with van der Waals surface area (Å²) in [4.78, 5) is 11.4. The number of rotatable bonds is 4. The van der Waals surface area contributed by atoms with Crippen LogP contribution >= 0.6 is 0 Å². The first-order valence-corrected chi connectivity index (χ1v) is 6.98. The number of benzene rings is 1. The molecule has 4 nitrogen and oxygen atoms in total. The van der Waals surface area contributed by atoms with Gasteiger partial charge in [0.05, 0.1) is 5.56 Å². The minimum Gasteiger partial charge on any atom is -0.489 e. The van der Waals surface area contributed by atoms with Crippen LogP contribution in [0.2, 0.25) is 0 Å². The lowest BCUT2D eigenvalue weighted by atomic mass is 10.1. The van der Waals surface area contributed by atoms with Crippen LogP contribution in [0, 0.1) is 0 Å². The molecule has 19 heavy (non-hydrogen) atoms. The monoisotopic (exact) mass is 261 g/mol. The number of hydrogen-bond donors (Lipinski definition) is 1. The van der Waals surface area contributed by atoms with Crippen molar-refractivity contribution in [3.63, 3.8) is 0 Å². The molecule has 3 rings (SSSR count). The fraction of sp³-hybridized carbons (Fsp3) is 0.533. The first-order chi connectivity index (χ1) is 9.28. The van der Waals surface area contributed by atoms with Crippen LogP contribution in [0.15, 0.2) is 18.2 Å². The van der Waals surface area contributed by atoms with Crippen LogP contribution in [-0.4, -0.2) is 24.7 Å². The van der Waals surface area contributed by atoms with Gasteiger partial charge in [-0.15, -0.1) is 0 Å². The summed E-state index contributed by atoms with van der Waals surface area (Å²) in [5, 5.41) is 3.47. The van der Waals surface area contributed by atoms with E-state index in [1.165, 1.54) is 12.8 Å². The molecule has 2 atom stereocenters. The molecule has 1 saturated carbocycles. The molecule has 0 amide bonds. The summed E-state index contributed by atoms with van der Waals surface area (Å²) in [6.45, 7) is 3.46. The smallest absolute Gasteiger partial charge is 0.338 e. The van der Waals surface area contributed by atoms with Gasteiger partial charge in [-0.3, -0.25) is 0 Å². The second kappa shape index (κ2) is 5.21. The molecular weight excluding hydrogens is 242 g/mol. The number of carbonyl (C=O) groups excluding carboxylic acids is 1. The number of ether oxygens (including phenoxy) is 2. The number of cyclic esters (lactones) is 1. The van der Waals surface area contributed by atoms with E-state index in [2.05, 4.69) is 12.2 Å². The molecule has 0 aromatic heterocycles. The Balaban J connectivity index is 1.72. The second-order valence-electron chi connectivity index (χ2n) is 5.15. The maximum atomic E-state index is 11.4. The first-order valence-electron chi connectivity index (χ1n) is 6.98. The molecule has 4 heteroatoms. The van der Waals surface area contributed by atoms with Crippen molar-refractivity contribution >= 4 is 5.97 Å². The third kappa shape index (κ3) is 2.45. The van der Waals surface area contributed by atoms with Crippen molar-refractivity contribution in [1.82, 2.24) is 5.32 Å². The van der Waals surface area contributed by atoms with E-state index in [4.69, 9.17) is 9.47 Å². The van der Waals surface area contributed by atoms with E-state index in [0.717, 1.165) is 24.3 Å². The lowest BCUT2D eigenvalue weighted by molar-refractivity contribution is 0.0535. The highest BCUT2D eigenvalue weighted by Crippen LogP contribution is 2.28. The average Bonchev–Trinajstić information content (AvgIpc) is 2.98. The molecule has 2 aliphatic rings. The van der Waals surface area contributed by atoms with Crippen LogP contribution in [0.5, 0.6) is 5.75 Å². The number of hydrogen-bond acceptors (Lipinski definition) is 4. The van der Waals surface area contributed by atoms with E-state index >= 15 is 0 Å². The Kier molecular flexibility index (Phi) is 3.42. The van der Waals surface area contributed by atoms with Crippen molar-refractivity contribution in [2.75, 3.05) is 6.54 Å². The molecule has 0 saturated heterocycles. The highest BCUT2D eigenvalue weighted by atomic mass is 16.5. The van der Waals surface area contributed by atoms with Gasteiger partial charge in [0.2, 0.25) is 0 Å². The summed E-state index contributed by atoms with van der Waals surface area (Å²) in [6, 6.07) is 6.04. The Morgan fingerprint density at radius 2 is 2.32 bits per heavy atom. The number of fused-ring (bicyclic) bond motifs is 1. The zero-order valence-corrected chi connectivity index (χ0v) is 11.1. The second-order valence-corrected chi connectivity index (χ2v) is 5.15. The Bertz CT molecular complexity index is 486. The van der Waals surface area contributed by atoms with Gasteiger partial charge in [-0.05, 0) is 44.0 Å². The van der Waals surface area contributed by atoms with E-state index < -0.39 is 0 Å². The Labute approximate surface area is 113 Å². The number of nitrogens with one attached hydrogen (secondary N) is 1. The van der Waals surface area contributed by atoms with Crippen molar-refractivity contribution in [2.24, 2.45) is 0 Å². The summed E-state index contributed by atoms with van der Waals surface area (Å²) in [5.41, 5.74) is 1.60. The average molecular weight is 261 g/mol. The van der Waals surface area contributed by atoms with E-state index in [0.29, 0.717) is 18.2 Å². The van der Waals surface area contributed by atoms with Crippen LogP contribution < -0.4 is 10.1 Å². The Hall–Kier alpha value is -1.55. The lowest BCUT2D eigenvalue weighted by Crippen LogP contribution is -2.38. The van der Waals surface area contributed by atoms with E-state index in [-0.39, 0.29) is 12.1 Å². The summed E-state index contributed by atoms with van der Waals surface area (Å²) in [6.07, 6.45) is 3.69. The molecule has 0 radical (unpaired) electrons. The molecular formula is C15H19NO3. The Morgan fingerprint density at radius 1 is 1.42 bits per heavy atom. The summed E-state index contributed by atoms with van der Waals surface area (Å²) >= 11 is 0. The number of carbonyl (C=O) groups is 1. The molecule has 0 bridgehead atoms. The van der Waals surface area contributed by atoms with Gasteiger partial charge >= 0.3 is 5.97 Å². The summed E-state index contributed by atoms with van der Waals surface area (Å²) in [5.74, 6) is 0.611. The minimum absolute atomic E-state index is 0.229. The highest BCUT2D eigenvalue weighted by Gasteiger charge is 2.29. The van der Waals surface area contributed by atoms with Crippen molar-refractivity contribution in [3.8, 4) is 5.75 Å². The van der Waals surface area contributed by atoms with Gasteiger partial charge in [0, 0.05) is 11.6 Å². The van der Waals surface area contributed by atoms with Crippen LogP contribution in [0.1, 0.15) is 42.1 Å². The van der Waals surface area contributed by atoms with Crippen LogP contribution in [0.4, 0.5) is 0 Å². The molecule has 1 aromatic rings. The van der Waals surface area contributed by atoms with Crippen LogP contribution in [0.3, 0.4) is 0 Å². The van der Waals surface area contributed by atoms with Gasteiger partial charge in [-0.1, -0.05) is 6.92 Å². The number of likely N-dealkylation sites (N-methyl/N-ethyl adjacent to an activating group) is 1. The summed E-state index contributed by atoms with van der Waals surface area (Å²) in [7, 11) is 0. The van der Waals surface area contributed by atoms with Crippen LogP contribution in [0.25, 0.3) is 0 Å². The normalized spacial score (nSPS) is 25.2. The van der Waals surface area contributed by atoms with Gasteiger partial charge in [-0.25, -0.2) is 4.79 Å². The quantitative estimate of drug-likeness (QED) is 0.845. The molecule has 1 aromatic carbocycles. The minimum atomic E-state index is -0.229. The molecule has 1 aliphatic heterocycles. The maximum absolute atomic E-state index is 11.4. The molecule has 102 valence electrons. The van der Waals surface area contributed by atoms with E-state index in [9.17, 15) is 4.79 Å². The number of esters is 1. The highest BCUT2D eigenvalue weighted by molar-refractivity contribution is 5.93.